The van der Waals surface area contributed by atoms with Gasteiger partial charge in [0.25, 0.3) is 5.69 Å². The molecule has 0 N–H and O–H groups in total. The van der Waals surface area contributed by atoms with Crippen LogP contribution in [0.1, 0.15) is 11.1 Å². The predicted octanol–water partition coefficient (Wildman–Crippen LogP) is 2.94. The van der Waals surface area contributed by atoms with Crippen molar-refractivity contribution in [2.24, 2.45) is 0 Å². The molecule has 0 aliphatic rings. The van der Waals surface area contributed by atoms with E-state index in [4.69, 9.17) is 0 Å². The van der Waals surface area contributed by atoms with Gasteiger partial charge in [-0.25, -0.2) is 4.39 Å². The average molecular weight is 248 g/mol. The lowest BCUT2D eigenvalue weighted by Crippen LogP contribution is -1.95. The molecule has 0 bridgehead atoms. The Balaban J connectivity index is 3.30. The van der Waals surface area contributed by atoms with Crippen LogP contribution < -0.4 is 0 Å². The molecule has 0 heterocycles. The van der Waals surface area contributed by atoms with Crippen LogP contribution in [0, 0.1) is 22.9 Å². The number of alkyl halides is 1. The maximum absolute atomic E-state index is 13.1. The maximum Gasteiger partial charge on any atom is 0.272 e. The monoisotopic (exact) mass is 247 g/mol. The van der Waals surface area contributed by atoms with Crippen LogP contribution in [0.15, 0.2) is 12.1 Å². The van der Waals surface area contributed by atoms with Gasteiger partial charge in [-0.2, -0.15) is 0 Å². The molecule has 0 aliphatic heterocycles. The lowest BCUT2D eigenvalue weighted by atomic mass is 10.1. The Morgan fingerprint density at radius 1 is 1.62 bits per heavy atom. The summed E-state index contributed by atoms with van der Waals surface area (Å²) in [5.41, 5.74) is 0.840. The second-order valence-electron chi connectivity index (χ2n) is 2.60. The highest BCUT2D eigenvalue weighted by Crippen LogP contribution is 2.22. The summed E-state index contributed by atoms with van der Waals surface area (Å²) in [7, 11) is 0. The third-order valence-corrected chi connectivity index (χ3v) is 2.40. The fourth-order valence-corrected chi connectivity index (χ4v) is 1.55. The van der Waals surface area contributed by atoms with Gasteiger partial charge in [-0.05, 0) is 18.1 Å². The van der Waals surface area contributed by atoms with Crippen LogP contribution in [-0.4, -0.2) is 4.92 Å². The number of rotatable bonds is 2. The molecule has 3 nitrogen and oxygen atoms in total. The number of nitro groups is 1. The first-order valence-corrected chi connectivity index (χ1v) is 4.67. The van der Waals surface area contributed by atoms with Crippen molar-refractivity contribution in [1.82, 2.24) is 0 Å². The molecule has 70 valence electrons. The smallest absolute Gasteiger partial charge is 0.258 e. The number of nitro benzene ring substituents is 1. The van der Waals surface area contributed by atoms with E-state index in [1.54, 1.807) is 6.92 Å². The van der Waals surface area contributed by atoms with E-state index in [2.05, 4.69) is 15.9 Å². The molecule has 0 amide bonds. The molecule has 0 unspecified atom stereocenters. The van der Waals surface area contributed by atoms with Crippen LogP contribution in [0.2, 0.25) is 0 Å². The molecule has 0 fully saturated rings. The highest BCUT2D eigenvalue weighted by Gasteiger charge is 2.12. The predicted molar refractivity (Wildman–Crippen MR) is 50.4 cm³/mol. The first-order valence-electron chi connectivity index (χ1n) is 3.55. The lowest BCUT2D eigenvalue weighted by Gasteiger charge is -2.02. The topological polar surface area (TPSA) is 43.1 Å². The molecule has 0 spiro atoms. The van der Waals surface area contributed by atoms with Gasteiger partial charge in [0.1, 0.15) is 5.82 Å². The maximum atomic E-state index is 13.1. The van der Waals surface area contributed by atoms with E-state index >= 15 is 0 Å². The Morgan fingerprint density at radius 3 is 2.69 bits per heavy atom. The Labute approximate surface area is 82.8 Å². The molecule has 0 atom stereocenters. The largest absolute Gasteiger partial charge is 0.272 e. The summed E-state index contributed by atoms with van der Waals surface area (Å²) in [6.45, 7) is 1.59. The zero-order valence-corrected chi connectivity index (χ0v) is 8.47. The van der Waals surface area contributed by atoms with E-state index in [1.165, 1.54) is 6.07 Å². The first kappa shape index (κ1) is 10.1. The fourth-order valence-electron chi connectivity index (χ4n) is 0.964. The van der Waals surface area contributed by atoms with E-state index < -0.39 is 10.7 Å². The molecular weight excluding hydrogens is 241 g/mol. The van der Waals surface area contributed by atoms with Gasteiger partial charge in [0.15, 0.2) is 0 Å². The first-order chi connectivity index (χ1) is 6.06. The molecule has 0 saturated carbocycles. The standard InChI is InChI=1S/C8H7BrFNO2/c1-5-6(4-9)2-7(11(12)13)3-8(5)10/h2-3H,4H2,1H3. The van der Waals surface area contributed by atoms with Crippen molar-refractivity contribution < 1.29 is 9.31 Å². The molecule has 1 aromatic rings. The molecule has 5 heteroatoms. The molecule has 0 aromatic heterocycles. The zero-order chi connectivity index (χ0) is 10.0. The highest BCUT2D eigenvalue weighted by molar-refractivity contribution is 9.08. The van der Waals surface area contributed by atoms with Crippen LogP contribution in [-0.2, 0) is 5.33 Å². The number of nitrogens with zero attached hydrogens (tertiary/aromatic N) is 1. The van der Waals surface area contributed by atoms with Gasteiger partial charge in [0.2, 0.25) is 0 Å². The van der Waals surface area contributed by atoms with E-state index in [-0.39, 0.29) is 5.69 Å². The summed E-state index contributed by atoms with van der Waals surface area (Å²) in [5.74, 6) is -0.538. The zero-order valence-electron chi connectivity index (χ0n) is 6.88. The van der Waals surface area contributed by atoms with Gasteiger partial charge in [0.05, 0.1) is 11.0 Å². The van der Waals surface area contributed by atoms with E-state index in [0.717, 1.165) is 6.07 Å². The third kappa shape index (κ3) is 2.03. The average Bonchev–Trinajstić information content (AvgIpc) is 2.09. The van der Waals surface area contributed by atoms with Gasteiger partial charge in [-0.15, -0.1) is 0 Å². The van der Waals surface area contributed by atoms with Gasteiger partial charge < -0.3 is 0 Å². The summed E-state index contributed by atoms with van der Waals surface area (Å²) >= 11 is 3.14. The second kappa shape index (κ2) is 3.83. The molecule has 0 radical (unpaired) electrons. The van der Waals surface area contributed by atoms with Gasteiger partial charge in [0, 0.05) is 11.4 Å². The van der Waals surface area contributed by atoms with Crippen molar-refractivity contribution in [1.29, 1.82) is 0 Å². The Morgan fingerprint density at radius 2 is 2.23 bits per heavy atom. The van der Waals surface area contributed by atoms with Crippen LogP contribution in [0.5, 0.6) is 0 Å². The van der Waals surface area contributed by atoms with Crippen molar-refractivity contribution in [2.45, 2.75) is 12.3 Å². The summed E-state index contributed by atoms with van der Waals surface area (Å²) in [5, 5.41) is 10.8. The molecular formula is C8H7BrFNO2. The van der Waals surface area contributed by atoms with Crippen LogP contribution >= 0.6 is 15.9 Å². The van der Waals surface area contributed by atoms with Crippen molar-refractivity contribution in [3.63, 3.8) is 0 Å². The molecule has 1 rings (SSSR count). The lowest BCUT2D eigenvalue weighted by molar-refractivity contribution is -0.385. The molecule has 0 aliphatic carbocycles. The SMILES string of the molecule is Cc1c(F)cc([N+](=O)[O-])cc1CBr. The van der Waals surface area contributed by atoms with E-state index in [0.29, 0.717) is 16.5 Å². The van der Waals surface area contributed by atoms with E-state index in [9.17, 15) is 14.5 Å². The number of non-ortho nitro benzene ring substituents is 1. The summed E-state index contributed by atoms with van der Waals surface area (Å²) in [6.07, 6.45) is 0. The van der Waals surface area contributed by atoms with Gasteiger partial charge in [-0.1, -0.05) is 15.9 Å². The molecule has 13 heavy (non-hydrogen) atoms. The van der Waals surface area contributed by atoms with Crippen molar-refractivity contribution in [3.05, 3.63) is 39.2 Å². The quantitative estimate of drug-likeness (QED) is 0.458. The second-order valence-corrected chi connectivity index (χ2v) is 3.16. The Kier molecular flexibility index (Phi) is 2.98. The fraction of sp³-hybridized carbons (Fsp3) is 0.250. The minimum Gasteiger partial charge on any atom is -0.258 e. The normalized spacial score (nSPS) is 10.1. The number of halogens is 2. The van der Waals surface area contributed by atoms with Crippen molar-refractivity contribution in [3.8, 4) is 0 Å². The van der Waals surface area contributed by atoms with Gasteiger partial charge in [-0.3, -0.25) is 10.1 Å². The van der Waals surface area contributed by atoms with Crippen LogP contribution in [0.25, 0.3) is 0 Å². The van der Waals surface area contributed by atoms with E-state index in [1.807, 2.05) is 0 Å². The van der Waals surface area contributed by atoms with Gasteiger partial charge >= 0.3 is 0 Å². The number of benzene rings is 1. The van der Waals surface area contributed by atoms with Crippen LogP contribution in [0.3, 0.4) is 0 Å². The van der Waals surface area contributed by atoms with Crippen molar-refractivity contribution >= 4 is 21.6 Å². The third-order valence-electron chi connectivity index (χ3n) is 1.79. The highest BCUT2D eigenvalue weighted by atomic mass is 79.9. The van der Waals surface area contributed by atoms with Crippen molar-refractivity contribution in [2.75, 3.05) is 0 Å². The summed E-state index contributed by atoms with van der Waals surface area (Å²) in [6, 6.07) is 2.30. The summed E-state index contributed by atoms with van der Waals surface area (Å²) < 4.78 is 13.1. The Hall–Kier alpha value is -0.970. The summed E-state index contributed by atoms with van der Waals surface area (Å²) in [4.78, 5) is 9.75. The minimum absolute atomic E-state index is 0.211. The molecule has 0 saturated heterocycles. The number of hydrogen-bond donors (Lipinski definition) is 0. The number of hydrogen-bond acceptors (Lipinski definition) is 2. The van der Waals surface area contributed by atoms with Crippen LogP contribution in [0.4, 0.5) is 10.1 Å². The Bertz CT molecular complexity index is 354. The molecule has 1 aromatic carbocycles. The minimum atomic E-state index is -0.602.